The second-order valence-corrected chi connectivity index (χ2v) is 7.19. The van der Waals surface area contributed by atoms with Crippen molar-refractivity contribution in [2.24, 2.45) is 0 Å². The summed E-state index contributed by atoms with van der Waals surface area (Å²) in [7, 11) is 1.39. The number of halogens is 2. The molecule has 1 aromatic carbocycles. The van der Waals surface area contributed by atoms with Gasteiger partial charge in [-0.1, -0.05) is 6.42 Å². The molecule has 1 saturated carbocycles. The normalized spacial score (nSPS) is 14.5. The minimum absolute atomic E-state index is 0.104. The number of methoxy groups -OCH3 is 1. The Bertz CT molecular complexity index is 1250. The number of aliphatic hydroxyl groups excluding tert-OH is 1. The van der Waals surface area contributed by atoms with E-state index >= 15 is 0 Å². The third-order valence-electron chi connectivity index (χ3n) is 5.58. The van der Waals surface area contributed by atoms with E-state index in [2.05, 4.69) is 10.1 Å². The molecule has 0 amide bonds. The van der Waals surface area contributed by atoms with E-state index in [1.807, 2.05) is 6.07 Å². The predicted octanol–water partition coefficient (Wildman–Crippen LogP) is 3.99. The van der Waals surface area contributed by atoms with Gasteiger partial charge in [0.25, 0.3) is 0 Å². The molecule has 5 rings (SSSR count). The minimum atomic E-state index is -1.08. The Morgan fingerprint density at radius 1 is 1.24 bits per heavy atom. The second-order valence-electron chi connectivity index (χ2n) is 7.19. The van der Waals surface area contributed by atoms with E-state index in [0.29, 0.717) is 27.9 Å². The van der Waals surface area contributed by atoms with Crippen molar-refractivity contribution < 1.29 is 18.6 Å². The number of aliphatic hydroxyl groups is 1. The lowest BCUT2D eigenvalue weighted by atomic mass is 9.81. The molecule has 0 unspecified atom stereocenters. The highest BCUT2D eigenvalue weighted by atomic mass is 19.2. The van der Waals surface area contributed by atoms with Crippen molar-refractivity contribution in [2.45, 2.75) is 31.8 Å². The largest absolute Gasteiger partial charge is 0.481 e. The monoisotopic (exact) mass is 396 g/mol. The van der Waals surface area contributed by atoms with Crippen LogP contribution in [0.2, 0.25) is 0 Å². The molecule has 1 aliphatic rings. The van der Waals surface area contributed by atoms with Crippen LogP contribution < -0.4 is 4.74 Å². The van der Waals surface area contributed by atoms with E-state index in [9.17, 15) is 13.9 Å². The fourth-order valence-electron chi connectivity index (χ4n) is 3.95. The molecule has 148 valence electrons. The molecule has 4 aromatic rings. The third kappa shape index (κ3) is 2.66. The molecule has 3 heterocycles. The van der Waals surface area contributed by atoms with Gasteiger partial charge in [0.2, 0.25) is 5.88 Å². The first kappa shape index (κ1) is 17.9. The molecular formula is C21H18F2N4O2. The van der Waals surface area contributed by atoms with Gasteiger partial charge in [-0.15, -0.1) is 0 Å². The summed E-state index contributed by atoms with van der Waals surface area (Å²) in [6.45, 7) is -0.379. The fourth-order valence-corrected chi connectivity index (χ4v) is 3.95. The molecule has 8 heteroatoms. The molecule has 29 heavy (non-hydrogen) atoms. The van der Waals surface area contributed by atoms with Crippen LogP contribution in [0.5, 0.6) is 5.88 Å². The van der Waals surface area contributed by atoms with Crippen LogP contribution in [-0.4, -0.2) is 31.8 Å². The van der Waals surface area contributed by atoms with E-state index in [-0.39, 0.29) is 23.9 Å². The lowest BCUT2D eigenvalue weighted by Crippen LogP contribution is -2.11. The molecule has 0 bridgehead atoms. The highest BCUT2D eigenvalue weighted by molar-refractivity contribution is 5.98. The summed E-state index contributed by atoms with van der Waals surface area (Å²) in [4.78, 5) is 8.86. The highest BCUT2D eigenvalue weighted by Gasteiger charge is 2.30. The van der Waals surface area contributed by atoms with Gasteiger partial charge in [0.15, 0.2) is 17.3 Å². The zero-order valence-electron chi connectivity index (χ0n) is 15.7. The van der Waals surface area contributed by atoms with E-state index in [0.717, 1.165) is 31.0 Å². The van der Waals surface area contributed by atoms with Gasteiger partial charge in [0, 0.05) is 29.1 Å². The van der Waals surface area contributed by atoms with Crippen molar-refractivity contribution in [2.75, 3.05) is 7.11 Å². The van der Waals surface area contributed by atoms with Crippen molar-refractivity contribution in [3.05, 3.63) is 53.4 Å². The lowest BCUT2D eigenvalue weighted by molar-refractivity contribution is 0.282. The number of pyridine rings is 1. The Labute approximate surface area is 164 Å². The quantitative estimate of drug-likeness (QED) is 0.565. The number of imidazole rings is 1. The SMILES string of the molecule is COc1cc(CO)c2c(-c3c(C4CCC4)nc4cccnn34)cc(F)c(F)c2n1. The van der Waals surface area contributed by atoms with Crippen molar-refractivity contribution >= 4 is 16.6 Å². The fraction of sp³-hybridized carbons (Fsp3) is 0.286. The summed E-state index contributed by atoms with van der Waals surface area (Å²) in [5.41, 5.74) is 2.67. The van der Waals surface area contributed by atoms with Crippen molar-refractivity contribution in [1.29, 1.82) is 0 Å². The van der Waals surface area contributed by atoms with Gasteiger partial charge in [0.05, 0.1) is 25.1 Å². The summed E-state index contributed by atoms with van der Waals surface area (Å²) < 4.78 is 36.1. The molecule has 0 aliphatic heterocycles. The Morgan fingerprint density at radius 2 is 2.07 bits per heavy atom. The maximum Gasteiger partial charge on any atom is 0.213 e. The standard InChI is InChI=1S/C21H18F2N4O2/c1-29-16-8-12(10-28)17-13(9-14(22)18(23)20(17)26-16)21-19(11-4-2-5-11)25-15-6-3-7-24-27(15)21/h3,6-9,11,28H,2,4-5,10H2,1H3. The van der Waals surface area contributed by atoms with Gasteiger partial charge in [0.1, 0.15) is 5.52 Å². The number of nitrogens with zero attached hydrogens (tertiary/aromatic N) is 4. The number of benzene rings is 1. The molecular weight excluding hydrogens is 378 g/mol. The van der Waals surface area contributed by atoms with Crippen LogP contribution in [0, 0.1) is 11.6 Å². The smallest absolute Gasteiger partial charge is 0.213 e. The Kier molecular flexibility index (Phi) is 4.16. The van der Waals surface area contributed by atoms with Crippen LogP contribution >= 0.6 is 0 Å². The van der Waals surface area contributed by atoms with Gasteiger partial charge >= 0.3 is 0 Å². The molecule has 0 radical (unpaired) electrons. The van der Waals surface area contributed by atoms with Crippen molar-refractivity contribution in [3.8, 4) is 17.1 Å². The van der Waals surface area contributed by atoms with E-state index in [4.69, 9.17) is 9.72 Å². The van der Waals surface area contributed by atoms with Crippen molar-refractivity contribution in [3.63, 3.8) is 0 Å². The number of hydrogen-bond donors (Lipinski definition) is 1. The van der Waals surface area contributed by atoms with Gasteiger partial charge in [-0.3, -0.25) is 0 Å². The van der Waals surface area contributed by atoms with Crippen LogP contribution in [0.4, 0.5) is 8.78 Å². The summed E-state index contributed by atoms with van der Waals surface area (Å²) in [5.74, 6) is -1.77. The van der Waals surface area contributed by atoms with Gasteiger partial charge in [-0.05, 0) is 36.6 Å². The molecule has 0 atom stereocenters. The summed E-state index contributed by atoms with van der Waals surface area (Å²) in [6.07, 6.45) is 4.69. The average Bonchev–Trinajstić information content (AvgIpc) is 3.07. The number of ether oxygens (including phenoxy) is 1. The summed E-state index contributed by atoms with van der Waals surface area (Å²) in [6, 6.07) is 6.29. The molecule has 1 aliphatic carbocycles. The maximum atomic E-state index is 14.7. The predicted molar refractivity (Wildman–Crippen MR) is 103 cm³/mol. The van der Waals surface area contributed by atoms with Crippen LogP contribution in [0.1, 0.15) is 36.4 Å². The minimum Gasteiger partial charge on any atom is -0.481 e. The van der Waals surface area contributed by atoms with Gasteiger partial charge in [-0.2, -0.15) is 5.10 Å². The number of fused-ring (bicyclic) bond motifs is 2. The van der Waals surface area contributed by atoms with Crippen molar-refractivity contribution in [1.82, 2.24) is 19.6 Å². The first-order valence-electron chi connectivity index (χ1n) is 9.43. The number of hydrogen-bond acceptors (Lipinski definition) is 5. The Morgan fingerprint density at radius 3 is 2.76 bits per heavy atom. The van der Waals surface area contributed by atoms with E-state index in [1.54, 1.807) is 16.8 Å². The molecule has 6 nitrogen and oxygen atoms in total. The Balaban J connectivity index is 1.92. The summed E-state index contributed by atoms with van der Waals surface area (Å²) in [5, 5.41) is 14.7. The molecule has 3 aromatic heterocycles. The number of aromatic nitrogens is 4. The molecule has 1 fully saturated rings. The summed E-state index contributed by atoms with van der Waals surface area (Å²) >= 11 is 0. The second kappa shape index (κ2) is 6.73. The average molecular weight is 396 g/mol. The zero-order chi connectivity index (χ0) is 20.1. The van der Waals surface area contributed by atoms with E-state index < -0.39 is 11.6 Å². The van der Waals surface area contributed by atoms with Gasteiger partial charge in [-0.25, -0.2) is 23.3 Å². The van der Waals surface area contributed by atoms with Crippen LogP contribution in [-0.2, 0) is 6.61 Å². The highest BCUT2D eigenvalue weighted by Crippen LogP contribution is 2.43. The topological polar surface area (TPSA) is 72.5 Å². The number of rotatable bonds is 4. The van der Waals surface area contributed by atoms with E-state index in [1.165, 1.54) is 13.2 Å². The van der Waals surface area contributed by atoms with Crippen LogP contribution in [0.15, 0.2) is 30.5 Å². The first-order chi connectivity index (χ1) is 14.1. The molecule has 0 saturated heterocycles. The first-order valence-corrected chi connectivity index (χ1v) is 9.43. The molecule has 1 N–H and O–H groups in total. The zero-order valence-corrected chi connectivity index (χ0v) is 15.7. The molecule has 0 spiro atoms. The Hall–Kier alpha value is -3.13. The van der Waals surface area contributed by atoms with Crippen LogP contribution in [0.25, 0.3) is 27.8 Å². The van der Waals surface area contributed by atoms with Gasteiger partial charge < -0.3 is 9.84 Å². The third-order valence-corrected chi connectivity index (χ3v) is 5.58. The lowest BCUT2D eigenvalue weighted by Gasteiger charge is -2.25. The maximum absolute atomic E-state index is 14.7. The van der Waals surface area contributed by atoms with Crippen LogP contribution in [0.3, 0.4) is 0 Å².